The smallest absolute Gasteiger partial charge is 0.291 e. The molecule has 1 atom stereocenters. The Kier molecular flexibility index (Phi) is 8.48. The summed E-state index contributed by atoms with van der Waals surface area (Å²) in [5, 5.41) is 3.35. The molecule has 138 valence electrons. The van der Waals surface area contributed by atoms with E-state index in [0.717, 1.165) is 19.4 Å². The van der Waals surface area contributed by atoms with Gasteiger partial charge in [0.05, 0.1) is 29.3 Å². The van der Waals surface area contributed by atoms with E-state index in [1.54, 1.807) is 12.1 Å². The van der Waals surface area contributed by atoms with E-state index in [9.17, 15) is 4.79 Å². The highest BCUT2D eigenvalue weighted by atomic mass is 35.5. The molecule has 0 aliphatic carbocycles. The summed E-state index contributed by atoms with van der Waals surface area (Å²) >= 11 is 11.8. The van der Waals surface area contributed by atoms with Gasteiger partial charge in [0.15, 0.2) is 0 Å². The fraction of sp³-hybridized carbons (Fsp3) is 0.529. The summed E-state index contributed by atoms with van der Waals surface area (Å²) in [5.41, 5.74) is 0.368. The number of nitrogens with one attached hydrogen (secondary N) is 1. The van der Waals surface area contributed by atoms with Gasteiger partial charge in [0.1, 0.15) is 6.61 Å². The molecule has 1 aliphatic rings. The molecule has 1 fully saturated rings. The van der Waals surface area contributed by atoms with E-state index < -0.39 is 0 Å². The van der Waals surface area contributed by atoms with Gasteiger partial charge in [-0.25, -0.2) is 4.99 Å². The molecule has 1 N–H and O–H groups in total. The third-order valence-corrected chi connectivity index (χ3v) is 4.27. The predicted octanol–water partition coefficient (Wildman–Crippen LogP) is 3.31. The zero-order valence-electron chi connectivity index (χ0n) is 14.1. The lowest BCUT2D eigenvalue weighted by atomic mass is 10.2. The number of carbonyl (C=O) groups is 1. The number of benzene rings is 1. The van der Waals surface area contributed by atoms with Crippen LogP contribution in [0.2, 0.25) is 10.0 Å². The van der Waals surface area contributed by atoms with Crippen LogP contribution >= 0.6 is 23.2 Å². The molecule has 2 rings (SSSR count). The van der Waals surface area contributed by atoms with Gasteiger partial charge in [-0.2, -0.15) is 0 Å². The number of carbonyl (C=O) groups excluding carboxylic acids is 1. The van der Waals surface area contributed by atoms with Crippen molar-refractivity contribution < 1.29 is 19.0 Å². The summed E-state index contributed by atoms with van der Waals surface area (Å²) in [6.07, 6.45) is 2.04. The van der Waals surface area contributed by atoms with Gasteiger partial charge in [-0.15, -0.1) is 0 Å². The third kappa shape index (κ3) is 6.82. The first kappa shape index (κ1) is 20.0. The molecule has 1 heterocycles. The molecule has 0 spiro atoms. The van der Waals surface area contributed by atoms with E-state index in [1.807, 2.05) is 6.92 Å². The van der Waals surface area contributed by atoms with Crippen molar-refractivity contribution >= 4 is 35.1 Å². The molecular formula is C17H22Cl2N2O4. The number of halogens is 2. The minimum absolute atomic E-state index is 0.0624. The summed E-state index contributed by atoms with van der Waals surface area (Å²) in [6.45, 7) is 4.39. The Morgan fingerprint density at radius 3 is 2.88 bits per heavy atom. The van der Waals surface area contributed by atoms with Crippen molar-refractivity contribution in [3.8, 4) is 0 Å². The van der Waals surface area contributed by atoms with Gasteiger partial charge < -0.3 is 14.2 Å². The number of nitrogens with zero attached hydrogens (tertiary/aromatic N) is 1. The average Bonchev–Trinajstić information content (AvgIpc) is 3.12. The quantitative estimate of drug-likeness (QED) is 0.441. The second-order valence-electron chi connectivity index (χ2n) is 5.41. The van der Waals surface area contributed by atoms with Gasteiger partial charge in [-0.05, 0) is 38.0 Å². The summed E-state index contributed by atoms with van der Waals surface area (Å²) in [5.74, 6) is -0.374. The van der Waals surface area contributed by atoms with E-state index in [-0.39, 0.29) is 18.0 Å². The van der Waals surface area contributed by atoms with Crippen LogP contribution in [0.15, 0.2) is 23.2 Å². The minimum Gasteiger partial charge on any atom is -0.463 e. The maximum atomic E-state index is 12.4. The molecule has 1 aromatic carbocycles. The predicted molar refractivity (Wildman–Crippen MR) is 97.6 cm³/mol. The Morgan fingerprint density at radius 1 is 1.36 bits per heavy atom. The Balaban J connectivity index is 1.98. The number of hydrogen-bond acceptors (Lipinski definition) is 5. The second kappa shape index (κ2) is 10.6. The molecule has 1 aromatic rings. The highest BCUT2D eigenvalue weighted by Crippen LogP contribution is 2.22. The van der Waals surface area contributed by atoms with Crippen LogP contribution < -0.4 is 5.32 Å². The van der Waals surface area contributed by atoms with Crippen LogP contribution in [-0.4, -0.2) is 51.0 Å². The van der Waals surface area contributed by atoms with Gasteiger partial charge in [0.2, 0.25) is 0 Å². The Hall–Kier alpha value is -1.34. The van der Waals surface area contributed by atoms with E-state index in [0.29, 0.717) is 42.0 Å². The van der Waals surface area contributed by atoms with Crippen molar-refractivity contribution in [3.63, 3.8) is 0 Å². The lowest BCUT2D eigenvalue weighted by Gasteiger charge is -2.12. The van der Waals surface area contributed by atoms with E-state index in [2.05, 4.69) is 10.3 Å². The molecule has 0 radical (unpaired) electrons. The van der Waals surface area contributed by atoms with Crippen LogP contribution in [0, 0.1) is 0 Å². The lowest BCUT2D eigenvalue weighted by Crippen LogP contribution is -2.34. The largest absolute Gasteiger partial charge is 0.463 e. The number of amides is 1. The van der Waals surface area contributed by atoms with Crippen molar-refractivity contribution in [1.82, 2.24) is 5.32 Å². The lowest BCUT2D eigenvalue weighted by molar-refractivity contribution is 0.0913. The molecular weight excluding hydrogens is 367 g/mol. The van der Waals surface area contributed by atoms with Crippen LogP contribution in [0.3, 0.4) is 0 Å². The van der Waals surface area contributed by atoms with Crippen LogP contribution in [0.25, 0.3) is 0 Å². The van der Waals surface area contributed by atoms with E-state index in [1.165, 1.54) is 6.07 Å². The van der Waals surface area contributed by atoms with E-state index in [4.69, 9.17) is 37.4 Å². The Bertz CT molecular complexity index is 604. The fourth-order valence-corrected chi connectivity index (χ4v) is 2.54. The van der Waals surface area contributed by atoms with Crippen LogP contribution in [0.4, 0.5) is 0 Å². The van der Waals surface area contributed by atoms with Gasteiger partial charge in [0, 0.05) is 18.8 Å². The number of rotatable bonds is 7. The highest BCUT2D eigenvalue weighted by Gasteiger charge is 2.17. The van der Waals surface area contributed by atoms with Crippen molar-refractivity contribution in [2.24, 2.45) is 4.99 Å². The van der Waals surface area contributed by atoms with Crippen molar-refractivity contribution in [3.05, 3.63) is 33.8 Å². The normalized spacial score (nSPS) is 17.6. The molecule has 0 aromatic heterocycles. The molecule has 0 saturated carbocycles. The summed E-state index contributed by atoms with van der Waals surface area (Å²) < 4.78 is 16.3. The van der Waals surface area contributed by atoms with Crippen molar-refractivity contribution in [1.29, 1.82) is 0 Å². The Labute approximate surface area is 157 Å². The first-order chi connectivity index (χ1) is 12.1. The molecule has 1 saturated heterocycles. The van der Waals surface area contributed by atoms with Gasteiger partial charge >= 0.3 is 0 Å². The zero-order valence-corrected chi connectivity index (χ0v) is 15.6. The fourth-order valence-electron chi connectivity index (χ4n) is 2.24. The molecule has 6 nitrogen and oxygen atoms in total. The molecule has 25 heavy (non-hydrogen) atoms. The molecule has 1 amide bonds. The van der Waals surface area contributed by atoms with Crippen LogP contribution in [0.5, 0.6) is 0 Å². The van der Waals surface area contributed by atoms with E-state index >= 15 is 0 Å². The monoisotopic (exact) mass is 388 g/mol. The number of aliphatic imine (C=N–C) groups is 1. The first-order valence-corrected chi connectivity index (χ1v) is 8.98. The van der Waals surface area contributed by atoms with Gasteiger partial charge in [0.25, 0.3) is 11.9 Å². The summed E-state index contributed by atoms with van der Waals surface area (Å²) in [7, 11) is 0. The van der Waals surface area contributed by atoms with Crippen LogP contribution in [0.1, 0.15) is 30.1 Å². The number of ether oxygens (including phenoxy) is 3. The number of amidine groups is 1. The number of hydrogen-bond donors (Lipinski definition) is 1. The highest BCUT2D eigenvalue weighted by molar-refractivity contribution is 6.42. The second-order valence-corrected chi connectivity index (χ2v) is 6.22. The standard InChI is InChI=1S/C17H22Cl2N2O4/c1-2-23-8-9-25-17(20-11-13-4-3-7-24-13)21-16(22)12-5-6-14(18)15(19)10-12/h5-6,10,13H,2-4,7-9,11H2,1H3,(H,20,21,22)/t13-/m0/s1. The molecule has 8 heteroatoms. The minimum atomic E-state index is -0.374. The van der Waals surface area contributed by atoms with Crippen LogP contribution in [-0.2, 0) is 14.2 Å². The van der Waals surface area contributed by atoms with Gasteiger partial charge in [-0.3, -0.25) is 10.1 Å². The first-order valence-electron chi connectivity index (χ1n) is 8.23. The maximum absolute atomic E-state index is 12.4. The zero-order chi connectivity index (χ0) is 18.1. The van der Waals surface area contributed by atoms with Gasteiger partial charge in [-0.1, -0.05) is 23.2 Å². The molecule has 0 bridgehead atoms. The summed E-state index contributed by atoms with van der Waals surface area (Å²) in [4.78, 5) is 16.7. The molecule has 1 aliphatic heterocycles. The Morgan fingerprint density at radius 2 is 2.20 bits per heavy atom. The molecule has 0 unspecified atom stereocenters. The average molecular weight is 389 g/mol. The van der Waals surface area contributed by atoms with Crippen molar-refractivity contribution in [2.45, 2.75) is 25.9 Å². The third-order valence-electron chi connectivity index (χ3n) is 3.54. The SMILES string of the molecule is CCOCCOC(=NC[C@@H]1CCCO1)NC(=O)c1ccc(Cl)c(Cl)c1. The van der Waals surface area contributed by atoms with Crippen molar-refractivity contribution in [2.75, 3.05) is 33.0 Å². The topological polar surface area (TPSA) is 69.2 Å². The maximum Gasteiger partial charge on any atom is 0.291 e. The summed E-state index contributed by atoms with van der Waals surface area (Å²) in [6, 6.07) is 4.79.